The van der Waals surface area contributed by atoms with Crippen LogP contribution in [-0.4, -0.2) is 56.7 Å². The van der Waals surface area contributed by atoms with E-state index in [1.807, 2.05) is 6.92 Å². The Hall–Kier alpha value is -2.03. The molecule has 3 atom stereocenters. The van der Waals surface area contributed by atoms with Crippen LogP contribution < -0.4 is 5.32 Å². The van der Waals surface area contributed by atoms with E-state index in [2.05, 4.69) is 5.32 Å². The maximum atomic E-state index is 12.0. The number of aliphatic carboxylic acids is 2. The summed E-state index contributed by atoms with van der Waals surface area (Å²) in [6, 6.07) is -1.25. The van der Waals surface area contributed by atoms with Crippen molar-refractivity contribution in [1.82, 2.24) is 10.2 Å². The van der Waals surface area contributed by atoms with Crippen LogP contribution in [0.3, 0.4) is 0 Å². The normalized spacial score (nSPS) is 24.1. The fourth-order valence-corrected chi connectivity index (χ4v) is 4.14. The van der Waals surface area contributed by atoms with Crippen molar-refractivity contribution in [3.8, 4) is 0 Å². The number of hydrogen-bond donors (Lipinski definition) is 3. The van der Waals surface area contributed by atoms with Gasteiger partial charge in [-0.2, -0.15) is 0 Å². The topological polar surface area (TPSA) is 124 Å². The zero-order chi connectivity index (χ0) is 17.3. The molecule has 8 nitrogen and oxygen atoms in total. The highest BCUT2D eigenvalue weighted by molar-refractivity contribution is 8.03. The van der Waals surface area contributed by atoms with Gasteiger partial charge < -0.3 is 20.4 Å². The molecule has 2 aliphatic rings. The van der Waals surface area contributed by atoms with E-state index in [4.69, 9.17) is 5.11 Å². The van der Waals surface area contributed by atoms with Crippen molar-refractivity contribution in [2.75, 3.05) is 5.75 Å². The molecule has 0 spiro atoms. The third kappa shape index (κ3) is 3.19. The number of thioether (sulfide) groups is 1. The van der Waals surface area contributed by atoms with E-state index in [1.54, 1.807) is 0 Å². The van der Waals surface area contributed by atoms with Crippen molar-refractivity contribution < 1.29 is 29.4 Å². The molecule has 2 heterocycles. The van der Waals surface area contributed by atoms with Gasteiger partial charge in [0.25, 0.3) is 0 Å². The molecule has 3 N–H and O–H groups in total. The highest BCUT2D eigenvalue weighted by Gasteiger charge is 2.54. The van der Waals surface area contributed by atoms with Crippen LogP contribution in [0.25, 0.3) is 0 Å². The lowest BCUT2D eigenvalue weighted by Gasteiger charge is -2.42. The van der Waals surface area contributed by atoms with Gasteiger partial charge in [0.15, 0.2) is 0 Å². The first-order chi connectivity index (χ1) is 10.8. The molecule has 0 unspecified atom stereocenters. The van der Waals surface area contributed by atoms with Crippen LogP contribution in [0, 0.1) is 5.92 Å². The van der Waals surface area contributed by atoms with Crippen molar-refractivity contribution >= 4 is 35.5 Å². The van der Waals surface area contributed by atoms with E-state index in [0.717, 1.165) is 11.8 Å². The van der Waals surface area contributed by atoms with Crippen LogP contribution in [0.1, 0.15) is 26.7 Å². The summed E-state index contributed by atoms with van der Waals surface area (Å²) < 4.78 is 0. The second kappa shape index (κ2) is 6.61. The first-order valence-corrected chi connectivity index (χ1v) is 8.18. The first-order valence-electron chi connectivity index (χ1n) is 7.20. The van der Waals surface area contributed by atoms with E-state index in [0.29, 0.717) is 17.7 Å². The number of carboxylic acids is 2. The summed E-state index contributed by atoms with van der Waals surface area (Å²) in [6.07, 6.45) is 1.07. The Balaban J connectivity index is 2.12. The van der Waals surface area contributed by atoms with Crippen LogP contribution in [-0.2, 0) is 19.2 Å². The highest BCUT2D eigenvalue weighted by Crippen LogP contribution is 2.46. The number of nitrogens with zero attached hydrogens (tertiary/aromatic N) is 1. The Morgan fingerprint density at radius 2 is 2.04 bits per heavy atom. The predicted octanol–water partition coefficient (Wildman–Crippen LogP) is 0.246. The minimum absolute atomic E-state index is 0.00652. The fraction of sp³-hybridized carbons (Fsp3) is 0.571. The Morgan fingerprint density at radius 3 is 2.52 bits per heavy atom. The summed E-state index contributed by atoms with van der Waals surface area (Å²) in [5.74, 6) is -3.21. The summed E-state index contributed by atoms with van der Waals surface area (Å²) >= 11 is 1.07. The Morgan fingerprint density at radius 1 is 1.39 bits per heavy atom. The summed E-state index contributed by atoms with van der Waals surface area (Å²) in [5.41, 5.74) is -0.0540. The van der Waals surface area contributed by atoms with Gasteiger partial charge in [-0.3, -0.25) is 9.59 Å². The van der Waals surface area contributed by atoms with E-state index >= 15 is 0 Å². The first kappa shape index (κ1) is 17.3. The van der Waals surface area contributed by atoms with Gasteiger partial charge in [0, 0.05) is 24.0 Å². The Labute approximate surface area is 136 Å². The van der Waals surface area contributed by atoms with E-state index in [-0.39, 0.29) is 29.3 Å². The van der Waals surface area contributed by atoms with Crippen LogP contribution in [0.4, 0.5) is 0 Å². The zero-order valence-electron chi connectivity index (χ0n) is 12.7. The fourth-order valence-electron chi connectivity index (χ4n) is 2.94. The summed E-state index contributed by atoms with van der Waals surface area (Å²) in [4.78, 5) is 47.4. The number of carboxylic acid groups (broad SMARTS) is 2. The van der Waals surface area contributed by atoms with Crippen LogP contribution >= 0.6 is 11.8 Å². The van der Waals surface area contributed by atoms with Gasteiger partial charge in [0.2, 0.25) is 11.8 Å². The summed E-state index contributed by atoms with van der Waals surface area (Å²) in [5, 5.41) is 20.7. The van der Waals surface area contributed by atoms with Crippen LogP contribution in [0.2, 0.25) is 0 Å². The SMILES string of the molecule is CC[C@H]1C(=O)N2C(C(=O)O)=C(SC[C@@H](NC(C)=O)C(=O)O)C[C@H]12. The molecule has 2 rings (SSSR count). The van der Waals surface area contributed by atoms with E-state index in [1.165, 1.54) is 11.8 Å². The molecule has 0 aromatic rings. The van der Waals surface area contributed by atoms with Gasteiger partial charge in [-0.15, -0.1) is 11.8 Å². The molecule has 23 heavy (non-hydrogen) atoms. The number of carbonyl (C=O) groups is 4. The quantitative estimate of drug-likeness (QED) is 0.566. The second-order valence-electron chi connectivity index (χ2n) is 5.47. The minimum Gasteiger partial charge on any atom is -0.480 e. The third-order valence-corrected chi connectivity index (χ3v) is 5.20. The lowest BCUT2D eigenvalue weighted by molar-refractivity contribution is -0.155. The summed E-state index contributed by atoms with van der Waals surface area (Å²) in [6.45, 7) is 3.09. The minimum atomic E-state index is -1.19. The van der Waals surface area contributed by atoms with Crippen molar-refractivity contribution in [1.29, 1.82) is 0 Å². The van der Waals surface area contributed by atoms with Gasteiger partial charge in [-0.05, 0) is 6.42 Å². The van der Waals surface area contributed by atoms with Crippen molar-refractivity contribution in [3.63, 3.8) is 0 Å². The lowest BCUT2D eigenvalue weighted by Crippen LogP contribution is -2.58. The molecule has 0 radical (unpaired) electrons. The Kier molecular flexibility index (Phi) is 4.98. The van der Waals surface area contributed by atoms with Gasteiger partial charge >= 0.3 is 11.9 Å². The maximum absolute atomic E-state index is 12.0. The molecular weight excluding hydrogens is 324 g/mol. The molecule has 0 aliphatic carbocycles. The smallest absolute Gasteiger partial charge is 0.353 e. The van der Waals surface area contributed by atoms with E-state index < -0.39 is 23.9 Å². The number of fused-ring (bicyclic) bond motifs is 1. The highest BCUT2D eigenvalue weighted by atomic mass is 32.2. The zero-order valence-corrected chi connectivity index (χ0v) is 13.6. The van der Waals surface area contributed by atoms with Crippen molar-refractivity contribution in [2.45, 2.75) is 38.8 Å². The van der Waals surface area contributed by atoms with Crippen LogP contribution in [0.15, 0.2) is 10.6 Å². The maximum Gasteiger partial charge on any atom is 0.353 e. The standard InChI is InChI=1S/C14H18N2O6S/c1-3-7-9-4-10(11(14(21)22)16(9)12(7)18)23-5-8(13(19)20)15-6(2)17/h7-9H,3-5H2,1-2H3,(H,15,17)(H,19,20)(H,21,22)/t7-,8-,9-/m1/s1. The lowest BCUT2D eigenvalue weighted by atomic mass is 9.85. The molecule has 1 fully saturated rings. The molecule has 1 saturated heterocycles. The molecule has 2 amide bonds. The number of rotatable bonds is 7. The third-order valence-electron chi connectivity index (χ3n) is 3.99. The number of hydrogen-bond acceptors (Lipinski definition) is 5. The molecule has 0 aromatic carbocycles. The number of β-lactam (4-membered cyclic amide) rings is 1. The van der Waals surface area contributed by atoms with Gasteiger partial charge in [0.05, 0.1) is 12.0 Å². The number of carbonyl (C=O) groups excluding carboxylic acids is 2. The van der Waals surface area contributed by atoms with Crippen LogP contribution in [0.5, 0.6) is 0 Å². The molecule has 0 saturated carbocycles. The second-order valence-corrected chi connectivity index (χ2v) is 6.59. The molecule has 126 valence electrons. The Bertz CT molecular complexity index is 602. The number of nitrogens with one attached hydrogen (secondary N) is 1. The van der Waals surface area contributed by atoms with Gasteiger partial charge in [-0.1, -0.05) is 6.92 Å². The van der Waals surface area contributed by atoms with Gasteiger partial charge in [0.1, 0.15) is 11.7 Å². The average molecular weight is 342 g/mol. The van der Waals surface area contributed by atoms with Crippen molar-refractivity contribution in [3.05, 3.63) is 10.6 Å². The molecule has 2 aliphatic heterocycles. The molecular formula is C14H18N2O6S. The van der Waals surface area contributed by atoms with Crippen molar-refractivity contribution in [2.24, 2.45) is 5.92 Å². The monoisotopic (exact) mass is 342 g/mol. The van der Waals surface area contributed by atoms with Gasteiger partial charge in [-0.25, -0.2) is 9.59 Å². The molecule has 9 heteroatoms. The molecule has 0 bridgehead atoms. The largest absolute Gasteiger partial charge is 0.480 e. The van der Waals surface area contributed by atoms with E-state index in [9.17, 15) is 24.3 Å². The number of amides is 2. The average Bonchev–Trinajstić information content (AvgIpc) is 2.78. The predicted molar refractivity (Wildman–Crippen MR) is 81.4 cm³/mol. The molecule has 0 aromatic heterocycles. The summed E-state index contributed by atoms with van der Waals surface area (Å²) in [7, 11) is 0.